The minimum atomic E-state index is -0.403. The molecule has 2 aliphatic heterocycles. The maximum Gasteiger partial charge on any atom is 0.410 e. The van der Waals surface area contributed by atoms with E-state index in [9.17, 15) is 4.79 Å². The highest BCUT2D eigenvalue weighted by Gasteiger charge is 2.46. The summed E-state index contributed by atoms with van der Waals surface area (Å²) in [5.74, 6) is 0. The third-order valence-corrected chi connectivity index (χ3v) is 4.67. The quantitative estimate of drug-likeness (QED) is 0.724. The molecule has 0 aromatic rings. The third-order valence-electron chi connectivity index (χ3n) is 4.67. The Morgan fingerprint density at radius 3 is 2.05 bits per heavy atom. The second kappa shape index (κ2) is 7.67. The molecule has 0 saturated carbocycles. The SMILES string of the molecule is CC.CC(C)N1CCC2(CCCN2C(=O)OC(C)(C)C)CC1. The molecule has 0 atom stereocenters. The van der Waals surface area contributed by atoms with Crippen molar-refractivity contribution in [3.8, 4) is 0 Å². The van der Waals surface area contributed by atoms with Crippen molar-refractivity contribution in [1.29, 1.82) is 0 Å². The summed E-state index contributed by atoms with van der Waals surface area (Å²) in [4.78, 5) is 17.0. The summed E-state index contributed by atoms with van der Waals surface area (Å²) >= 11 is 0. The van der Waals surface area contributed by atoms with E-state index >= 15 is 0 Å². The molecule has 2 aliphatic rings. The molecule has 0 aromatic heterocycles. The zero-order valence-corrected chi connectivity index (χ0v) is 15.7. The standard InChI is InChI=1S/C16H30N2O2.C2H6/c1-13(2)17-11-8-16(9-12-17)7-6-10-18(16)14(19)20-15(3,4)5;1-2/h13H,6-12H2,1-5H3;1-2H3. The van der Waals surface area contributed by atoms with Gasteiger partial charge >= 0.3 is 6.09 Å². The lowest BCUT2D eigenvalue weighted by Crippen LogP contribution is -2.55. The van der Waals surface area contributed by atoms with Gasteiger partial charge in [-0.25, -0.2) is 4.79 Å². The number of carbonyl (C=O) groups excluding carboxylic acids is 1. The number of hydrogen-bond donors (Lipinski definition) is 0. The molecule has 2 fully saturated rings. The van der Waals surface area contributed by atoms with Crippen molar-refractivity contribution in [3.05, 3.63) is 0 Å². The van der Waals surface area contributed by atoms with Gasteiger partial charge in [0.15, 0.2) is 0 Å². The van der Waals surface area contributed by atoms with Crippen LogP contribution in [0.2, 0.25) is 0 Å². The van der Waals surface area contributed by atoms with Crippen molar-refractivity contribution in [2.45, 2.75) is 91.3 Å². The van der Waals surface area contributed by atoms with Gasteiger partial charge in [-0.1, -0.05) is 13.8 Å². The Bertz CT molecular complexity index is 353. The third kappa shape index (κ3) is 4.61. The van der Waals surface area contributed by atoms with E-state index in [0.29, 0.717) is 6.04 Å². The average molecular weight is 312 g/mol. The molecule has 4 nitrogen and oxygen atoms in total. The number of hydrogen-bond acceptors (Lipinski definition) is 3. The lowest BCUT2D eigenvalue weighted by molar-refractivity contribution is -0.00930. The molecule has 0 radical (unpaired) electrons. The van der Waals surface area contributed by atoms with E-state index < -0.39 is 5.60 Å². The van der Waals surface area contributed by atoms with Crippen LogP contribution < -0.4 is 0 Å². The normalized spacial score (nSPS) is 21.7. The fraction of sp³-hybridized carbons (Fsp3) is 0.944. The Labute approximate surface area is 137 Å². The number of amides is 1. The Kier molecular flexibility index (Phi) is 6.72. The van der Waals surface area contributed by atoms with Crippen LogP contribution in [0.25, 0.3) is 0 Å². The number of ether oxygens (including phenoxy) is 1. The van der Waals surface area contributed by atoms with Gasteiger partial charge in [0.25, 0.3) is 0 Å². The number of rotatable bonds is 1. The van der Waals surface area contributed by atoms with Crippen LogP contribution in [0, 0.1) is 0 Å². The minimum Gasteiger partial charge on any atom is -0.444 e. The van der Waals surface area contributed by atoms with E-state index in [2.05, 4.69) is 18.7 Å². The monoisotopic (exact) mass is 312 g/mol. The van der Waals surface area contributed by atoms with Crippen LogP contribution >= 0.6 is 0 Å². The highest BCUT2D eigenvalue weighted by Crippen LogP contribution is 2.39. The van der Waals surface area contributed by atoms with Gasteiger partial charge in [0, 0.05) is 31.2 Å². The summed E-state index contributed by atoms with van der Waals surface area (Å²) < 4.78 is 5.60. The average Bonchev–Trinajstić information content (AvgIpc) is 2.83. The molecule has 0 aliphatic carbocycles. The fourth-order valence-electron chi connectivity index (χ4n) is 3.52. The van der Waals surface area contributed by atoms with Gasteiger partial charge in [0.05, 0.1) is 0 Å². The Morgan fingerprint density at radius 2 is 1.59 bits per heavy atom. The first-order valence-electron chi connectivity index (χ1n) is 8.98. The second-order valence-corrected chi connectivity index (χ2v) is 7.59. The van der Waals surface area contributed by atoms with E-state index in [0.717, 1.165) is 45.3 Å². The zero-order chi connectivity index (χ0) is 17.0. The maximum atomic E-state index is 12.4. The van der Waals surface area contributed by atoms with Gasteiger partial charge < -0.3 is 14.5 Å². The smallest absolute Gasteiger partial charge is 0.410 e. The van der Waals surface area contributed by atoms with Gasteiger partial charge in [-0.2, -0.15) is 0 Å². The molecule has 4 heteroatoms. The van der Waals surface area contributed by atoms with Crippen molar-refractivity contribution >= 4 is 6.09 Å². The van der Waals surface area contributed by atoms with Crippen LogP contribution in [-0.2, 0) is 4.74 Å². The van der Waals surface area contributed by atoms with E-state index in [4.69, 9.17) is 4.74 Å². The van der Waals surface area contributed by atoms with Gasteiger partial charge in [0.2, 0.25) is 0 Å². The van der Waals surface area contributed by atoms with E-state index in [-0.39, 0.29) is 11.6 Å². The van der Waals surface area contributed by atoms with Crippen molar-refractivity contribution < 1.29 is 9.53 Å². The molecule has 0 N–H and O–H groups in total. The Balaban J connectivity index is 0.00000116. The molecule has 0 unspecified atom stereocenters. The molecule has 0 aromatic carbocycles. The molecule has 2 saturated heterocycles. The molecular weight excluding hydrogens is 276 g/mol. The van der Waals surface area contributed by atoms with Gasteiger partial charge in [-0.05, 0) is 60.3 Å². The first-order valence-corrected chi connectivity index (χ1v) is 8.98. The van der Waals surface area contributed by atoms with Gasteiger partial charge in [0.1, 0.15) is 5.60 Å². The lowest BCUT2D eigenvalue weighted by atomic mass is 9.84. The summed E-state index contributed by atoms with van der Waals surface area (Å²) in [5, 5.41) is 0. The van der Waals surface area contributed by atoms with Gasteiger partial charge in [-0.3, -0.25) is 0 Å². The van der Waals surface area contributed by atoms with Crippen molar-refractivity contribution in [3.63, 3.8) is 0 Å². The van der Waals surface area contributed by atoms with Crippen molar-refractivity contribution in [1.82, 2.24) is 9.80 Å². The largest absolute Gasteiger partial charge is 0.444 e. The molecule has 22 heavy (non-hydrogen) atoms. The highest BCUT2D eigenvalue weighted by atomic mass is 16.6. The zero-order valence-electron chi connectivity index (χ0n) is 15.7. The van der Waals surface area contributed by atoms with E-state index in [1.165, 1.54) is 0 Å². The molecular formula is C18H36N2O2. The summed E-state index contributed by atoms with van der Waals surface area (Å²) in [6.45, 7) is 17.4. The fourth-order valence-corrected chi connectivity index (χ4v) is 3.52. The molecule has 1 amide bonds. The predicted octanol–water partition coefficient (Wildman–Crippen LogP) is 4.29. The molecule has 130 valence electrons. The highest BCUT2D eigenvalue weighted by molar-refractivity contribution is 5.69. The van der Waals surface area contributed by atoms with Crippen LogP contribution in [0.4, 0.5) is 4.79 Å². The Hall–Kier alpha value is -0.770. The van der Waals surface area contributed by atoms with Crippen molar-refractivity contribution in [2.75, 3.05) is 19.6 Å². The van der Waals surface area contributed by atoms with E-state index in [1.54, 1.807) is 0 Å². The minimum absolute atomic E-state index is 0.0632. The van der Waals surface area contributed by atoms with Crippen molar-refractivity contribution in [2.24, 2.45) is 0 Å². The molecule has 2 heterocycles. The molecule has 2 rings (SSSR count). The molecule has 0 bridgehead atoms. The van der Waals surface area contributed by atoms with Crippen LogP contribution in [-0.4, -0.2) is 52.7 Å². The summed E-state index contributed by atoms with van der Waals surface area (Å²) in [7, 11) is 0. The van der Waals surface area contributed by atoms with Crippen LogP contribution in [0.15, 0.2) is 0 Å². The van der Waals surface area contributed by atoms with Crippen LogP contribution in [0.3, 0.4) is 0 Å². The predicted molar refractivity (Wildman–Crippen MR) is 92.2 cm³/mol. The maximum absolute atomic E-state index is 12.4. The topological polar surface area (TPSA) is 32.8 Å². The van der Waals surface area contributed by atoms with Crippen LogP contribution in [0.1, 0.15) is 74.1 Å². The molecule has 1 spiro atoms. The number of nitrogens with zero attached hydrogens (tertiary/aromatic N) is 2. The van der Waals surface area contributed by atoms with E-state index in [1.807, 2.05) is 39.5 Å². The first-order chi connectivity index (χ1) is 10.2. The number of carbonyl (C=O) groups is 1. The van der Waals surface area contributed by atoms with Gasteiger partial charge in [-0.15, -0.1) is 0 Å². The first kappa shape index (κ1) is 19.3. The number of likely N-dealkylation sites (tertiary alicyclic amines) is 2. The number of piperidine rings is 1. The Morgan fingerprint density at radius 1 is 1.05 bits per heavy atom. The summed E-state index contributed by atoms with van der Waals surface area (Å²) in [6.07, 6.45) is 4.31. The van der Waals surface area contributed by atoms with Crippen LogP contribution in [0.5, 0.6) is 0 Å². The summed E-state index contributed by atoms with van der Waals surface area (Å²) in [5.41, 5.74) is -0.340. The second-order valence-electron chi connectivity index (χ2n) is 7.59. The summed E-state index contributed by atoms with van der Waals surface area (Å²) in [6, 6.07) is 0.601. The lowest BCUT2D eigenvalue weighted by Gasteiger charge is -2.46.